The van der Waals surface area contributed by atoms with Crippen LogP contribution in [0.2, 0.25) is 0 Å². The summed E-state index contributed by atoms with van der Waals surface area (Å²) in [4.78, 5) is 0. The minimum absolute atomic E-state index is 0.489. The molecule has 2 heteroatoms. The molecular weight excluding hydrogens is 162 g/mol. The highest BCUT2D eigenvalue weighted by Gasteiger charge is 2.23. The lowest BCUT2D eigenvalue weighted by Crippen LogP contribution is -2.21. The summed E-state index contributed by atoms with van der Waals surface area (Å²) in [5, 5.41) is 3.51. The summed E-state index contributed by atoms with van der Waals surface area (Å²) >= 11 is 0. The van der Waals surface area contributed by atoms with Gasteiger partial charge in [0, 0.05) is 19.2 Å². The summed E-state index contributed by atoms with van der Waals surface area (Å²) in [7, 11) is 0. The fourth-order valence-electron chi connectivity index (χ4n) is 1.87. The van der Waals surface area contributed by atoms with E-state index in [1.54, 1.807) is 0 Å². The number of hydrogen-bond donors (Lipinski definition) is 1. The Hall–Kier alpha value is -0.0800. The second-order valence-corrected chi connectivity index (χ2v) is 3.98. The molecular formula is C11H23NO. The van der Waals surface area contributed by atoms with Crippen LogP contribution in [-0.4, -0.2) is 25.3 Å². The van der Waals surface area contributed by atoms with Gasteiger partial charge in [0.1, 0.15) is 0 Å². The lowest BCUT2D eigenvalue weighted by atomic mass is 10.1. The van der Waals surface area contributed by atoms with E-state index in [0.717, 1.165) is 19.2 Å². The molecule has 1 aliphatic rings. The molecule has 1 rings (SSSR count). The van der Waals surface area contributed by atoms with Gasteiger partial charge in [-0.25, -0.2) is 0 Å². The Bertz CT molecular complexity index is 127. The van der Waals surface area contributed by atoms with Crippen LogP contribution >= 0.6 is 0 Å². The van der Waals surface area contributed by atoms with Crippen molar-refractivity contribution in [1.29, 1.82) is 0 Å². The molecule has 2 nitrogen and oxygen atoms in total. The van der Waals surface area contributed by atoms with Crippen molar-refractivity contribution in [3.63, 3.8) is 0 Å². The van der Waals surface area contributed by atoms with Crippen molar-refractivity contribution >= 4 is 0 Å². The molecule has 0 amide bonds. The van der Waals surface area contributed by atoms with Crippen molar-refractivity contribution in [3.8, 4) is 0 Å². The third kappa shape index (κ3) is 4.10. The fourth-order valence-corrected chi connectivity index (χ4v) is 1.87. The molecule has 0 aliphatic carbocycles. The van der Waals surface area contributed by atoms with Crippen molar-refractivity contribution in [2.45, 2.75) is 58.1 Å². The first-order valence-corrected chi connectivity index (χ1v) is 5.71. The molecule has 1 aliphatic heterocycles. The lowest BCUT2D eigenvalue weighted by molar-refractivity contribution is 0.0632. The maximum atomic E-state index is 5.76. The lowest BCUT2D eigenvalue weighted by Gasteiger charge is -2.10. The molecule has 0 aromatic heterocycles. The van der Waals surface area contributed by atoms with Crippen LogP contribution in [0.25, 0.3) is 0 Å². The summed E-state index contributed by atoms with van der Waals surface area (Å²) in [5.41, 5.74) is 0. The molecule has 0 spiro atoms. The fraction of sp³-hybridized carbons (Fsp3) is 1.00. The number of rotatable bonds is 6. The Kier molecular flexibility index (Phi) is 5.40. The van der Waals surface area contributed by atoms with Crippen molar-refractivity contribution in [3.05, 3.63) is 0 Å². The van der Waals surface area contributed by atoms with Crippen molar-refractivity contribution < 1.29 is 4.74 Å². The van der Waals surface area contributed by atoms with Crippen LogP contribution in [0, 0.1) is 0 Å². The van der Waals surface area contributed by atoms with Gasteiger partial charge in [-0.3, -0.25) is 0 Å². The molecule has 1 fully saturated rings. The average molecular weight is 185 g/mol. The SMILES string of the molecule is CCCCO[C@H]1CN[C@@H](CCC)C1. The number of hydrogen-bond acceptors (Lipinski definition) is 2. The van der Waals surface area contributed by atoms with Crippen LogP contribution in [-0.2, 0) is 4.74 Å². The highest BCUT2D eigenvalue weighted by atomic mass is 16.5. The molecule has 13 heavy (non-hydrogen) atoms. The van der Waals surface area contributed by atoms with Crippen LogP contribution in [0.3, 0.4) is 0 Å². The maximum absolute atomic E-state index is 5.76. The molecule has 0 aromatic carbocycles. The summed E-state index contributed by atoms with van der Waals surface area (Å²) in [6, 6.07) is 0.719. The zero-order chi connectivity index (χ0) is 9.52. The summed E-state index contributed by atoms with van der Waals surface area (Å²) < 4.78 is 5.76. The number of nitrogens with one attached hydrogen (secondary N) is 1. The van der Waals surface area contributed by atoms with E-state index in [2.05, 4.69) is 19.2 Å². The summed E-state index contributed by atoms with van der Waals surface area (Å²) in [5.74, 6) is 0. The van der Waals surface area contributed by atoms with Gasteiger partial charge in [0.2, 0.25) is 0 Å². The third-order valence-electron chi connectivity index (χ3n) is 2.67. The first-order valence-electron chi connectivity index (χ1n) is 5.71. The zero-order valence-corrected chi connectivity index (χ0v) is 9.01. The van der Waals surface area contributed by atoms with Gasteiger partial charge in [0.05, 0.1) is 6.10 Å². The smallest absolute Gasteiger partial charge is 0.0714 e. The molecule has 0 aromatic rings. The molecule has 2 atom stereocenters. The zero-order valence-electron chi connectivity index (χ0n) is 9.01. The van der Waals surface area contributed by atoms with E-state index in [9.17, 15) is 0 Å². The van der Waals surface area contributed by atoms with Crippen LogP contribution in [0.1, 0.15) is 46.0 Å². The summed E-state index contributed by atoms with van der Waals surface area (Å²) in [6.07, 6.45) is 6.72. The van der Waals surface area contributed by atoms with Gasteiger partial charge in [-0.2, -0.15) is 0 Å². The molecule has 78 valence electrons. The van der Waals surface area contributed by atoms with Gasteiger partial charge in [-0.1, -0.05) is 26.7 Å². The standard InChI is InChI=1S/C11H23NO/c1-3-5-7-13-11-8-10(6-4-2)12-9-11/h10-12H,3-9H2,1-2H3/t10-,11+/m0/s1. The predicted molar refractivity (Wildman–Crippen MR) is 56.0 cm³/mol. The van der Waals surface area contributed by atoms with E-state index in [4.69, 9.17) is 4.74 Å². The van der Waals surface area contributed by atoms with Gasteiger partial charge in [0.15, 0.2) is 0 Å². The molecule has 0 bridgehead atoms. The van der Waals surface area contributed by atoms with Crippen LogP contribution in [0.5, 0.6) is 0 Å². The second kappa shape index (κ2) is 6.39. The maximum Gasteiger partial charge on any atom is 0.0714 e. The van der Waals surface area contributed by atoms with Crippen molar-refractivity contribution in [2.24, 2.45) is 0 Å². The highest BCUT2D eigenvalue weighted by Crippen LogP contribution is 2.14. The minimum Gasteiger partial charge on any atom is -0.377 e. The highest BCUT2D eigenvalue weighted by molar-refractivity contribution is 4.81. The first kappa shape index (κ1) is 11.0. The van der Waals surface area contributed by atoms with E-state index in [-0.39, 0.29) is 0 Å². The van der Waals surface area contributed by atoms with E-state index in [0.29, 0.717) is 6.10 Å². The quantitative estimate of drug-likeness (QED) is 0.641. The normalized spacial score (nSPS) is 28.2. The molecule has 0 unspecified atom stereocenters. The third-order valence-corrected chi connectivity index (χ3v) is 2.67. The van der Waals surface area contributed by atoms with Gasteiger partial charge < -0.3 is 10.1 Å². The van der Waals surface area contributed by atoms with Crippen LogP contribution < -0.4 is 5.32 Å². The molecule has 0 radical (unpaired) electrons. The Morgan fingerprint density at radius 3 is 2.85 bits per heavy atom. The van der Waals surface area contributed by atoms with E-state index in [1.165, 1.54) is 32.1 Å². The monoisotopic (exact) mass is 185 g/mol. The van der Waals surface area contributed by atoms with Crippen molar-refractivity contribution in [1.82, 2.24) is 5.32 Å². The van der Waals surface area contributed by atoms with Crippen LogP contribution in [0.4, 0.5) is 0 Å². The average Bonchev–Trinajstić information content (AvgIpc) is 2.54. The Labute approximate surface area is 82.0 Å². The summed E-state index contributed by atoms with van der Waals surface area (Å²) in [6.45, 7) is 6.46. The van der Waals surface area contributed by atoms with Gasteiger partial charge in [-0.15, -0.1) is 0 Å². The molecule has 1 heterocycles. The van der Waals surface area contributed by atoms with Crippen molar-refractivity contribution in [2.75, 3.05) is 13.2 Å². The first-order chi connectivity index (χ1) is 6.36. The number of unbranched alkanes of at least 4 members (excludes halogenated alkanes) is 1. The topological polar surface area (TPSA) is 21.3 Å². The Morgan fingerprint density at radius 1 is 1.31 bits per heavy atom. The Morgan fingerprint density at radius 2 is 2.15 bits per heavy atom. The van der Waals surface area contributed by atoms with Gasteiger partial charge in [0.25, 0.3) is 0 Å². The second-order valence-electron chi connectivity index (χ2n) is 3.98. The van der Waals surface area contributed by atoms with E-state index >= 15 is 0 Å². The largest absolute Gasteiger partial charge is 0.377 e. The molecule has 1 saturated heterocycles. The Balaban J connectivity index is 2.03. The van der Waals surface area contributed by atoms with Gasteiger partial charge in [-0.05, 0) is 19.3 Å². The van der Waals surface area contributed by atoms with E-state index in [1.807, 2.05) is 0 Å². The molecule has 0 saturated carbocycles. The van der Waals surface area contributed by atoms with E-state index < -0.39 is 0 Å². The number of ether oxygens (including phenoxy) is 1. The van der Waals surface area contributed by atoms with Gasteiger partial charge >= 0.3 is 0 Å². The minimum atomic E-state index is 0.489. The predicted octanol–water partition coefficient (Wildman–Crippen LogP) is 2.33. The van der Waals surface area contributed by atoms with Crippen LogP contribution in [0.15, 0.2) is 0 Å². The molecule has 1 N–H and O–H groups in total.